The lowest BCUT2D eigenvalue weighted by Gasteiger charge is -2.37. The van der Waals surface area contributed by atoms with Gasteiger partial charge in [-0.15, -0.1) is 0 Å². The second kappa shape index (κ2) is 6.53. The van der Waals surface area contributed by atoms with Gasteiger partial charge in [0.15, 0.2) is 0 Å². The van der Waals surface area contributed by atoms with Crippen LogP contribution in [0.15, 0.2) is 24.3 Å². The highest BCUT2D eigenvalue weighted by Gasteiger charge is 2.30. The summed E-state index contributed by atoms with van der Waals surface area (Å²) in [5.74, 6) is 1.18. The van der Waals surface area contributed by atoms with Gasteiger partial charge in [0, 0.05) is 41.4 Å². The van der Waals surface area contributed by atoms with Gasteiger partial charge >= 0.3 is 0 Å². The number of anilines is 1. The lowest BCUT2D eigenvalue weighted by atomic mass is 10.1. The van der Waals surface area contributed by atoms with Crippen molar-refractivity contribution in [2.45, 2.75) is 31.9 Å². The lowest BCUT2D eigenvalue weighted by molar-refractivity contribution is 0.0748. The van der Waals surface area contributed by atoms with Gasteiger partial charge in [0.05, 0.1) is 0 Å². The van der Waals surface area contributed by atoms with Gasteiger partial charge in [-0.1, -0.05) is 6.92 Å². The molecule has 0 saturated carbocycles. The summed E-state index contributed by atoms with van der Waals surface area (Å²) in [6, 6.07) is 7.84. The number of rotatable bonds is 4. The Morgan fingerprint density at radius 3 is 2.65 bits per heavy atom. The van der Waals surface area contributed by atoms with Crippen molar-refractivity contribution in [3.63, 3.8) is 0 Å². The molecule has 1 aliphatic heterocycles. The van der Waals surface area contributed by atoms with Crippen LogP contribution in [0.4, 0.5) is 5.69 Å². The average Bonchev–Trinajstić information content (AvgIpc) is 2.44. The molecule has 1 fully saturated rings. The van der Waals surface area contributed by atoms with Crippen LogP contribution in [-0.2, 0) is 0 Å². The van der Waals surface area contributed by atoms with Crippen molar-refractivity contribution in [1.29, 1.82) is 0 Å². The molecule has 0 spiro atoms. The minimum atomic E-state index is 0.153. The van der Waals surface area contributed by atoms with E-state index in [0.29, 0.717) is 0 Å². The van der Waals surface area contributed by atoms with Crippen LogP contribution in [0.25, 0.3) is 0 Å². The zero-order valence-electron chi connectivity index (χ0n) is 12.6. The molecule has 2 rings (SSSR count). The summed E-state index contributed by atoms with van der Waals surface area (Å²) in [6.07, 6.45) is 1.10. The molecule has 3 nitrogen and oxygen atoms in total. The Morgan fingerprint density at radius 2 is 2.05 bits per heavy atom. The Kier molecular flexibility index (Phi) is 4.97. The molecule has 0 atom stereocenters. The fourth-order valence-corrected chi connectivity index (χ4v) is 3.48. The normalized spacial score (nSPS) is 17.9. The third-order valence-corrected chi connectivity index (χ3v) is 4.72. The van der Waals surface area contributed by atoms with Crippen LogP contribution in [0.2, 0.25) is 0 Å². The number of hydrogen-bond acceptors (Lipinski definition) is 3. The zero-order valence-corrected chi connectivity index (χ0v) is 13.4. The largest absolute Gasteiger partial charge is 0.385 e. The van der Waals surface area contributed by atoms with Crippen molar-refractivity contribution in [3.05, 3.63) is 29.8 Å². The Balaban J connectivity index is 2.01. The maximum Gasteiger partial charge on any atom is 0.253 e. The van der Waals surface area contributed by atoms with Crippen molar-refractivity contribution in [2.75, 3.05) is 30.7 Å². The smallest absolute Gasteiger partial charge is 0.253 e. The minimum Gasteiger partial charge on any atom is -0.385 e. The molecule has 1 aromatic rings. The van der Waals surface area contributed by atoms with E-state index in [4.69, 9.17) is 0 Å². The Morgan fingerprint density at radius 1 is 1.35 bits per heavy atom. The molecule has 1 saturated heterocycles. The number of hydrogen-bond donors (Lipinski definition) is 1. The van der Waals surface area contributed by atoms with E-state index >= 15 is 0 Å². The molecule has 0 radical (unpaired) electrons. The summed E-state index contributed by atoms with van der Waals surface area (Å²) in [6.45, 7) is 9.19. The van der Waals surface area contributed by atoms with Gasteiger partial charge in [0.2, 0.25) is 0 Å². The van der Waals surface area contributed by atoms with E-state index < -0.39 is 0 Å². The van der Waals surface area contributed by atoms with Crippen LogP contribution in [-0.4, -0.2) is 40.9 Å². The predicted molar refractivity (Wildman–Crippen MR) is 87.7 cm³/mol. The van der Waals surface area contributed by atoms with Crippen LogP contribution in [0.1, 0.15) is 37.6 Å². The first kappa shape index (κ1) is 15.2. The maximum absolute atomic E-state index is 12.5. The molecule has 1 aliphatic rings. The van der Waals surface area contributed by atoms with Crippen molar-refractivity contribution in [3.8, 4) is 0 Å². The summed E-state index contributed by atoms with van der Waals surface area (Å²) in [5, 5.41) is 3.32. The number of carbonyl (C=O) groups is 1. The molecule has 1 aromatic carbocycles. The maximum atomic E-state index is 12.5. The lowest BCUT2D eigenvalue weighted by Crippen LogP contribution is -2.46. The van der Waals surface area contributed by atoms with Crippen molar-refractivity contribution >= 4 is 23.4 Å². The number of carbonyl (C=O) groups excluding carboxylic acids is 1. The monoisotopic (exact) mass is 292 g/mol. The van der Waals surface area contributed by atoms with E-state index in [1.807, 2.05) is 40.9 Å². The molecule has 1 N–H and O–H groups in total. The van der Waals surface area contributed by atoms with E-state index in [9.17, 15) is 4.79 Å². The summed E-state index contributed by atoms with van der Waals surface area (Å²) < 4.78 is 0.163. The topological polar surface area (TPSA) is 32.3 Å². The van der Waals surface area contributed by atoms with Gasteiger partial charge < -0.3 is 10.2 Å². The Labute approximate surface area is 126 Å². The summed E-state index contributed by atoms with van der Waals surface area (Å²) >= 11 is 1.94. The SMILES string of the molecule is CCCNc1ccc(C(=O)N2CCSC(C)(C)C2)cc1. The van der Waals surface area contributed by atoms with Crippen LogP contribution < -0.4 is 5.32 Å². The Hall–Kier alpha value is -1.16. The van der Waals surface area contributed by atoms with E-state index in [1.165, 1.54) is 0 Å². The summed E-state index contributed by atoms with van der Waals surface area (Å²) in [7, 11) is 0. The number of nitrogens with zero attached hydrogens (tertiary/aromatic N) is 1. The third-order valence-electron chi connectivity index (χ3n) is 3.42. The van der Waals surface area contributed by atoms with Gasteiger partial charge in [-0.25, -0.2) is 0 Å². The predicted octanol–water partition coefficient (Wildman–Crippen LogP) is 3.48. The molecule has 1 amide bonds. The van der Waals surface area contributed by atoms with Gasteiger partial charge in [-0.3, -0.25) is 4.79 Å². The van der Waals surface area contributed by atoms with E-state index in [2.05, 4.69) is 26.1 Å². The van der Waals surface area contributed by atoms with Crippen LogP contribution in [0, 0.1) is 0 Å². The molecule has 0 aromatic heterocycles. The van der Waals surface area contributed by atoms with Crippen molar-refractivity contribution in [2.24, 2.45) is 0 Å². The summed E-state index contributed by atoms with van der Waals surface area (Å²) in [4.78, 5) is 14.5. The molecule has 0 bridgehead atoms. The van der Waals surface area contributed by atoms with Crippen LogP contribution >= 0.6 is 11.8 Å². The highest BCUT2D eigenvalue weighted by molar-refractivity contribution is 8.00. The van der Waals surface area contributed by atoms with Crippen LogP contribution in [0.5, 0.6) is 0 Å². The van der Waals surface area contributed by atoms with E-state index in [1.54, 1.807) is 0 Å². The number of amides is 1. The third kappa shape index (κ3) is 3.92. The first-order valence-corrected chi connectivity index (χ1v) is 8.27. The second-order valence-corrected chi connectivity index (χ2v) is 7.64. The minimum absolute atomic E-state index is 0.153. The first-order valence-electron chi connectivity index (χ1n) is 7.29. The van der Waals surface area contributed by atoms with E-state index in [-0.39, 0.29) is 10.7 Å². The molecule has 1 heterocycles. The van der Waals surface area contributed by atoms with Gasteiger partial charge in [-0.05, 0) is 44.5 Å². The molecule has 4 heteroatoms. The standard InChI is InChI=1S/C16H24N2OS/c1-4-9-17-14-7-5-13(6-8-14)15(19)18-10-11-20-16(2,3)12-18/h5-8,17H,4,9-12H2,1-3H3. The zero-order chi connectivity index (χ0) is 14.6. The van der Waals surface area contributed by atoms with Crippen LogP contribution in [0.3, 0.4) is 0 Å². The quantitative estimate of drug-likeness (QED) is 0.922. The second-order valence-electron chi connectivity index (χ2n) is 5.84. The molecule has 0 aliphatic carbocycles. The highest BCUT2D eigenvalue weighted by Crippen LogP contribution is 2.30. The van der Waals surface area contributed by atoms with Crippen molar-refractivity contribution < 1.29 is 4.79 Å². The molecular formula is C16H24N2OS. The summed E-state index contributed by atoms with van der Waals surface area (Å²) in [5.41, 5.74) is 1.87. The molecule has 20 heavy (non-hydrogen) atoms. The van der Waals surface area contributed by atoms with Crippen molar-refractivity contribution in [1.82, 2.24) is 4.90 Å². The molecule has 110 valence electrons. The molecule has 0 unspecified atom stereocenters. The first-order chi connectivity index (χ1) is 9.52. The van der Waals surface area contributed by atoms with E-state index in [0.717, 1.165) is 43.1 Å². The molecular weight excluding hydrogens is 268 g/mol. The van der Waals surface area contributed by atoms with Gasteiger partial charge in [0.1, 0.15) is 0 Å². The fourth-order valence-electron chi connectivity index (χ4n) is 2.37. The highest BCUT2D eigenvalue weighted by atomic mass is 32.2. The number of benzene rings is 1. The Bertz CT molecular complexity index is 456. The van der Waals surface area contributed by atoms with Gasteiger partial charge in [-0.2, -0.15) is 11.8 Å². The average molecular weight is 292 g/mol. The number of thioether (sulfide) groups is 1. The van der Waals surface area contributed by atoms with Gasteiger partial charge in [0.25, 0.3) is 5.91 Å². The number of nitrogens with one attached hydrogen (secondary N) is 1. The fraction of sp³-hybridized carbons (Fsp3) is 0.562.